The molecule has 1 N–H and O–H groups in total. The van der Waals surface area contributed by atoms with Crippen LogP contribution in [0.3, 0.4) is 0 Å². The van der Waals surface area contributed by atoms with Crippen molar-refractivity contribution in [2.45, 2.75) is 26.1 Å². The van der Waals surface area contributed by atoms with E-state index in [0.717, 1.165) is 18.8 Å². The van der Waals surface area contributed by atoms with Crippen molar-refractivity contribution in [2.24, 2.45) is 0 Å². The Labute approximate surface area is 128 Å². The van der Waals surface area contributed by atoms with Crippen LogP contribution < -0.4 is 5.32 Å². The van der Waals surface area contributed by atoms with Crippen LogP contribution in [0.1, 0.15) is 13.8 Å². The number of nitrogens with zero attached hydrogens (tertiary/aromatic N) is 1. The fourth-order valence-corrected chi connectivity index (χ4v) is 2.73. The van der Waals surface area contributed by atoms with Gasteiger partial charge in [-0.3, -0.25) is 0 Å². The number of hydrogen-bond donors (Lipinski definition) is 1. The van der Waals surface area contributed by atoms with Gasteiger partial charge in [0.1, 0.15) is 0 Å². The predicted octanol–water partition coefficient (Wildman–Crippen LogP) is 3.80. The van der Waals surface area contributed by atoms with Crippen molar-refractivity contribution in [3.8, 4) is 0 Å². The summed E-state index contributed by atoms with van der Waals surface area (Å²) in [6.45, 7) is 5.62. The van der Waals surface area contributed by atoms with Gasteiger partial charge in [-0.05, 0) is 44.3 Å². The van der Waals surface area contributed by atoms with Gasteiger partial charge in [0, 0.05) is 18.1 Å². The fraction of sp³-hybridized carbons (Fsp3) is 0.462. The van der Waals surface area contributed by atoms with Gasteiger partial charge in [0.2, 0.25) is 0 Å². The van der Waals surface area contributed by atoms with Gasteiger partial charge in [-0.15, -0.1) is 0 Å². The van der Waals surface area contributed by atoms with Crippen LogP contribution in [0.25, 0.3) is 0 Å². The van der Waals surface area contributed by atoms with E-state index in [1.165, 1.54) is 0 Å². The molecule has 1 saturated heterocycles. The molecule has 1 aliphatic heterocycles. The standard InChI is InChI=1S/C13H16Cl2N2OS/c1-8-6-17(7-9(2)18-8)13(19)16-12-5-10(14)3-4-11(12)15/h3-5,8-9H,6-7H2,1-2H3,(H,16,19). The third-order valence-electron chi connectivity index (χ3n) is 2.88. The molecule has 1 aromatic rings. The lowest BCUT2D eigenvalue weighted by molar-refractivity contribution is -0.0473. The maximum atomic E-state index is 6.11. The summed E-state index contributed by atoms with van der Waals surface area (Å²) in [6.07, 6.45) is 0.330. The molecule has 0 saturated carbocycles. The van der Waals surface area contributed by atoms with E-state index in [-0.39, 0.29) is 12.2 Å². The summed E-state index contributed by atoms with van der Waals surface area (Å²) in [5.74, 6) is 0. The molecule has 0 aromatic heterocycles. The summed E-state index contributed by atoms with van der Waals surface area (Å²) in [5, 5.41) is 5.01. The van der Waals surface area contributed by atoms with Crippen molar-refractivity contribution >= 4 is 46.2 Å². The molecule has 6 heteroatoms. The second-order valence-corrected chi connectivity index (χ2v) is 5.95. The van der Waals surface area contributed by atoms with Gasteiger partial charge in [0.15, 0.2) is 5.11 Å². The first kappa shape index (κ1) is 14.9. The first-order chi connectivity index (χ1) is 8.95. The van der Waals surface area contributed by atoms with E-state index in [1.54, 1.807) is 18.2 Å². The van der Waals surface area contributed by atoms with E-state index in [0.29, 0.717) is 15.2 Å². The molecule has 2 rings (SSSR count). The number of morpholine rings is 1. The van der Waals surface area contributed by atoms with Gasteiger partial charge in [-0.2, -0.15) is 0 Å². The Morgan fingerprint density at radius 3 is 2.58 bits per heavy atom. The highest BCUT2D eigenvalue weighted by atomic mass is 35.5. The molecule has 3 nitrogen and oxygen atoms in total. The smallest absolute Gasteiger partial charge is 0.173 e. The number of benzene rings is 1. The topological polar surface area (TPSA) is 24.5 Å². The van der Waals surface area contributed by atoms with Crippen LogP contribution in [0.15, 0.2) is 18.2 Å². The molecule has 2 unspecified atom stereocenters. The number of ether oxygens (including phenoxy) is 1. The van der Waals surface area contributed by atoms with Crippen molar-refractivity contribution in [3.05, 3.63) is 28.2 Å². The Morgan fingerprint density at radius 1 is 1.32 bits per heavy atom. The molecular weight excluding hydrogens is 303 g/mol. The van der Waals surface area contributed by atoms with Gasteiger partial charge >= 0.3 is 0 Å². The average molecular weight is 319 g/mol. The van der Waals surface area contributed by atoms with Crippen molar-refractivity contribution in [3.63, 3.8) is 0 Å². The number of anilines is 1. The second kappa shape index (κ2) is 6.27. The van der Waals surface area contributed by atoms with E-state index < -0.39 is 0 Å². The number of hydrogen-bond acceptors (Lipinski definition) is 2. The Hall–Kier alpha value is -0.550. The maximum Gasteiger partial charge on any atom is 0.173 e. The minimum Gasteiger partial charge on any atom is -0.372 e. The minimum absolute atomic E-state index is 0.165. The molecule has 0 spiro atoms. The van der Waals surface area contributed by atoms with Crippen LogP contribution in [0.2, 0.25) is 10.0 Å². The van der Waals surface area contributed by atoms with Crippen LogP contribution in [-0.2, 0) is 4.74 Å². The molecule has 0 bridgehead atoms. The number of nitrogens with one attached hydrogen (secondary N) is 1. The van der Waals surface area contributed by atoms with E-state index in [4.69, 9.17) is 40.2 Å². The van der Waals surface area contributed by atoms with Gasteiger partial charge in [0.05, 0.1) is 22.9 Å². The Morgan fingerprint density at radius 2 is 1.95 bits per heavy atom. The molecule has 19 heavy (non-hydrogen) atoms. The summed E-state index contributed by atoms with van der Waals surface area (Å²) in [6, 6.07) is 5.26. The average Bonchev–Trinajstić information content (AvgIpc) is 2.32. The molecule has 1 fully saturated rings. The quantitative estimate of drug-likeness (QED) is 0.796. The SMILES string of the molecule is CC1CN(C(=S)Nc2cc(Cl)ccc2Cl)CC(C)O1. The predicted molar refractivity (Wildman–Crippen MR) is 84.3 cm³/mol. The number of halogens is 2. The van der Waals surface area contributed by atoms with Crippen LogP contribution in [0, 0.1) is 0 Å². The van der Waals surface area contributed by atoms with Gasteiger partial charge in [0.25, 0.3) is 0 Å². The highest BCUT2D eigenvalue weighted by Gasteiger charge is 2.24. The number of thiocarbonyl (C=S) groups is 1. The van der Waals surface area contributed by atoms with Crippen LogP contribution >= 0.6 is 35.4 Å². The Balaban J connectivity index is 2.06. The van der Waals surface area contributed by atoms with E-state index in [1.807, 2.05) is 13.8 Å². The molecule has 1 aliphatic rings. The zero-order chi connectivity index (χ0) is 14.0. The highest BCUT2D eigenvalue weighted by Crippen LogP contribution is 2.26. The molecule has 2 atom stereocenters. The molecule has 0 radical (unpaired) electrons. The lowest BCUT2D eigenvalue weighted by Gasteiger charge is -2.37. The van der Waals surface area contributed by atoms with Crippen molar-refractivity contribution in [1.29, 1.82) is 0 Å². The molecular formula is C13H16Cl2N2OS. The van der Waals surface area contributed by atoms with Crippen LogP contribution in [0.4, 0.5) is 5.69 Å². The maximum absolute atomic E-state index is 6.11. The summed E-state index contributed by atoms with van der Waals surface area (Å²) >= 11 is 17.5. The summed E-state index contributed by atoms with van der Waals surface area (Å²) < 4.78 is 5.68. The van der Waals surface area contributed by atoms with Gasteiger partial charge < -0.3 is 15.0 Å². The second-order valence-electron chi connectivity index (χ2n) is 4.72. The third kappa shape index (κ3) is 3.96. The zero-order valence-corrected chi connectivity index (χ0v) is 13.1. The van der Waals surface area contributed by atoms with Crippen molar-refractivity contribution < 1.29 is 4.74 Å². The Kier molecular flexibility index (Phi) is 4.90. The molecule has 104 valence electrons. The monoisotopic (exact) mass is 318 g/mol. The molecule has 0 aliphatic carbocycles. The Bertz CT molecular complexity index is 474. The normalized spacial score (nSPS) is 23.3. The lowest BCUT2D eigenvalue weighted by Crippen LogP contribution is -2.49. The first-order valence-corrected chi connectivity index (χ1v) is 7.28. The van der Waals surface area contributed by atoms with E-state index in [2.05, 4.69) is 10.2 Å². The van der Waals surface area contributed by atoms with E-state index in [9.17, 15) is 0 Å². The number of rotatable bonds is 1. The zero-order valence-electron chi connectivity index (χ0n) is 10.8. The molecule has 1 aromatic carbocycles. The first-order valence-electron chi connectivity index (χ1n) is 6.12. The van der Waals surface area contributed by atoms with Crippen LogP contribution in [0.5, 0.6) is 0 Å². The van der Waals surface area contributed by atoms with Crippen molar-refractivity contribution in [1.82, 2.24) is 4.90 Å². The highest BCUT2D eigenvalue weighted by molar-refractivity contribution is 7.80. The van der Waals surface area contributed by atoms with E-state index >= 15 is 0 Å². The molecule has 1 heterocycles. The van der Waals surface area contributed by atoms with Gasteiger partial charge in [-0.25, -0.2) is 0 Å². The lowest BCUT2D eigenvalue weighted by atomic mass is 10.2. The van der Waals surface area contributed by atoms with Crippen LogP contribution in [-0.4, -0.2) is 35.3 Å². The summed E-state index contributed by atoms with van der Waals surface area (Å²) in [4.78, 5) is 2.09. The summed E-state index contributed by atoms with van der Waals surface area (Å²) in [7, 11) is 0. The van der Waals surface area contributed by atoms with Crippen molar-refractivity contribution in [2.75, 3.05) is 18.4 Å². The minimum atomic E-state index is 0.165. The summed E-state index contributed by atoms with van der Waals surface area (Å²) in [5.41, 5.74) is 0.728. The largest absolute Gasteiger partial charge is 0.372 e. The van der Waals surface area contributed by atoms with Gasteiger partial charge in [-0.1, -0.05) is 23.2 Å². The third-order valence-corrected chi connectivity index (χ3v) is 3.80. The fourth-order valence-electron chi connectivity index (χ4n) is 2.13. The molecule has 0 amide bonds.